The highest BCUT2D eigenvalue weighted by molar-refractivity contribution is 5.76. The summed E-state index contributed by atoms with van der Waals surface area (Å²) in [4.78, 5) is 11.1. The van der Waals surface area contributed by atoms with Gasteiger partial charge in [-0.1, -0.05) is 19.1 Å². The normalized spacial score (nSPS) is 31.6. The number of carboxylic acid groups (broad SMARTS) is 1. The predicted molar refractivity (Wildman–Crippen MR) is 58.5 cm³/mol. The summed E-state index contributed by atoms with van der Waals surface area (Å²) in [5.41, 5.74) is -2.33. The molecule has 0 aliphatic heterocycles. The summed E-state index contributed by atoms with van der Waals surface area (Å²) in [5, 5.41) is 19.4. The van der Waals surface area contributed by atoms with E-state index >= 15 is 0 Å². The Bertz CT molecular complexity index is 281. The number of rotatable bonds is 3. The Labute approximate surface area is 90.8 Å². The molecule has 0 radical (unpaired) electrons. The van der Waals surface area contributed by atoms with Crippen LogP contribution in [0.5, 0.6) is 0 Å². The first-order chi connectivity index (χ1) is 6.83. The van der Waals surface area contributed by atoms with Crippen LogP contribution in [-0.4, -0.2) is 21.8 Å². The van der Waals surface area contributed by atoms with Crippen LogP contribution in [-0.2, 0) is 4.79 Å². The van der Waals surface area contributed by atoms with E-state index in [9.17, 15) is 9.90 Å². The van der Waals surface area contributed by atoms with Crippen LogP contribution in [0.3, 0.4) is 0 Å². The van der Waals surface area contributed by atoms with Crippen LogP contribution in [0.2, 0.25) is 0 Å². The van der Waals surface area contributed by atoms with Crippen molar-refractivity contribution in [3.63, 3.8) is 0 Å². The second-order valence-electron chi connectivity index (χ2n) is 4.92. The zero-order chi connectivity index (χ0) is 11.7. The van der Waals surface area contributed by atoms with Gasteiger partial charge in [-0.25, -0.2) is 0 Å². The molecule has 3 nitrogen and oxygen atoms in total. The SMILES string of the molecule is CCC1C=CC(O)(C(C)(C)C(=O)O)CC1. The van der Waals surface area contributed by atoms with Gasteiger partial charge in [-0.3, -0.25) is 4.79 Å². The number of hydrogen-bond donors (Lipinski definition) is 2. The lowest BCUT2D eigenvalue weighted by molar-refractivity contribution is -0.160. The van der Waals surface area contributed by atoms with Crippen molar-refractivity contribution >= 4 is 5.97 Å². The maximum Gasteiger partial charge on any atom is 0.312 e. The molecule has 3 heteroatoms. The van der Waals surface area contributed by atoms with Crippen LogP contribution < -0.4 is 0 Å². The maximum atomic E-state index is 11.1. The summed E-state index contributed by atoms with van der Waals surface area (Å²) in [5.74, 6) is -0.473. The first kappa shape index (κ1) is 12.2. The van der Waals surface area contributed by atoms with Crippen molar-refractivity contribution in [1.29, 1.82) is 0 Å². The van der Waals surface area contributed by atoms with Crippen LogP contribution in [0.4, 0.5) is 0 Å². The molecular weight excluding hydrogens is 192 g/mol. The van der Waals surface area contributed by atoms with Crippen LogP contribution in [0.25, 0.3) is 0 Å². The molecule has 0 heterocycles. The van der Waals surface area contributed by atoms with Gasteiger partial charge in [0.15, 0.2) is 0 Å². The van der Waals surface area contributed by atoms with Gasteiger partial charge >= 0.3 is 5.97 Å². The van der Waals surface area contributed by atoms with Gasteiger partial charge in [-0.15, -0.1) is 0 Å². The number of aliphatic carboxylic acids is 1. The summed E-state index contributed by atoms with van der Waals surface area (Å²) < 4.78 is 0. The third-order valence-corrected chi connectivity index (χ3v) is 3.68. The number of aliphatic hydroxyl groups is 1. The van der Waals surface area contributed by atoms with E-state index in [1.165, 1.54) is 0 Å². The van der Waals surface area contributed by atoms with Crippen LogP contribution in [0, 0.1) is 11.3 Å². The molecule has 0 saturated carbocycles. The van der Waals surface area contributed by atoms with Crippen molar-refractivity contribution in [2.45, 2.75) is 45.6 Å². The van der Waals surface area contributed by atoms with E-state index in [1.54, 1.807) is 19.9 Å². The van der Waals surface area contributed by atoms with E-state index in [4.69, 9.17) is 5.11 Å². The average Bonchev–Trinajstić information content (AvgIpc) is 2.18. The standard InChI is InChI=1S/C12H20O3/c1-4-9-5-7-12(15,8-6-9)11(2,3)10(13)14/h5,7,9,15H,4,6,8H2,1-3H3,(H,13,14). The molecule has 0 spiro atoms. The Morgan fingerprint density at radius 1 is 1.60 bits per heavy atom. The van der Waals surface area contributed by atoms with E-state index in [2.05, 4.69) is 6.92 Å². The summed E-state index contributed by atoms with van der Waals surface area (Å²) >= 11 is 0. The summed E-state index contributed by atoms with van der Waals surface area (Å²) in [6, 6.07) is 0. The van der Waals surface area contributed by atoms with Gasteiger partial charge in [0.1, 0.15) is 0 Å². The first-order valence-electron chi connectivity index (χ1n) is 5.48. The molecule has 0 fully saturated rings. The smallest absolute Gasteiger partial charge is 0.312 e. The van der Waals surface area contributed by atoms with E-state index < -0.39 is 17.0 Å². The lowest BCUT2D eigenvalue weighted by Crippen LogP contribution is -2.49. The fourth-order valence-corrected chi connectivity index (χ4v) is 1.93. The second-order valence-corrected chi connectivity index (χ2v) is 4.92. The highest BCUT2D eigenvalue weighted by Crippen LogP contribution is 2.40. The van der Waals surface area contributed by atoms with Crippen molar-refractivity contribution in [2.24, 2.45) is 11.3 Å². The minimum Gasteiger partial charge on any atom is -0.481 e. The average molecular weight is 212 g/mol. The highest BCUT2D eigenvalue weighted by atomic mass is 16.4. The molecule has 1 rings (SSSR count). The Hall–Kier alpha value is -0.830. The van der Waals surface area contributed by atoms with Gasteiger partial charge < -0.3 is 10.2 Å². The third kappa shape index (κ3) is 2.07. The molecule has 15 heavy (non-hydrogen) atoms. The summed E-state index contributed by atoms with van der Waals surface area (Å²) in [7, 11) is 0. The molecule has 0 bridgehead atoms. The van der Waals surface area contributed by atoms with Crippen molar-refractivity contribution < 1.29 is 15.0 Å². The topological polar surface area (TPSA) is 57.5 Å². The number of carboxylic acids is 1. The van der Waals surface area contributed by atoms with Crippen molar-refractivity contribution in [2.75, 3.05) is 0 Å². The van der Waals surface area contributed by atoms with Crippen molar-refractivity contribution in [3.05, 3.63) is 12.2 Å². The molecular formula is C12H20O3. The Morgan fingerprint density at radius 2 is 2.20 bits per heavy atom. The minimum absolute atomic E-state index is 0.481. The van der Waals surface area contributed by atoms with Crippen LogP contribution in [0.15, 0.2) is 12.2 Å². The second kappa shape index (κ2) is 3.97. The van der Waals surface area contributed by atoms with Gasteiger partial charge in [0.25, 0.3) is 0 Å². The van der Waals surface area contributed by atoms with Gasteiger partial charge in [0, 0.05) is 0 Å². The van der Waals surface area contributed by atoms with Gasteiger partial charge in [-0.2, -0.15) is 0 Å². The van der Waals surface area contributed by atoms with E-state index in [-0.39, 0.29) is 0 Å². The van der Waals surface area contributed by atoms with Crippen LogP contribution >= 0.6 is 0 Å². The van der Waals surface area contributed by atoms with Crippen LogP contribution in [0.1, 0.15) is 40.0 Å². The quantitative estimate of drug-likeness (QED) is 0.705. The molecule has 0 aromatic heterocycles. The number of hydrogen-bond acceptors (Lipinski definition) is 2. The fourth-order valence-electron chi connectivity index (χ4n) is 1.93. The van der Waals surface area contributed by atoms with Gasteiger partial charge in [0.05, 0.1) is 11.0 Å². The molecule has 1 aliphatic rings. The summed E-state index contributed by atoms with van der Waals surface area (Å²) in [6.07, 6.45) is 6.06. The summed E-state index contributed by atoms with van der Waals surface area (Å²) in [6.45, 7) is 5.25. The molecule has 0 aromatic carbocycles. The van der Waals surface area contributed by atoms with Crippen molar-refractivity contribution in [1.82, 2.24) is 0 Å². The zero-order valence-corrected chi connectivity index (χ0v) is 9.66. The van der Waals surface area contributed by atoms with E-state index in [0.29, 0.717) is 12.3 Å². The molecule has 0 amide bonds. The largest absolute Gasteiger partial charge is 0.481 e. The highest BCUT2D eigenvalue weighted by Gasteiger charge is 2.48. The monoisotopic (exact) mass is 212 g/mol. The molecule has 2 atom stereocenters. The molecule has 86 valence electrons. The molecule has 2 unspecified atom stereocenters. The van der Waals surface area contributed by atoms with E-state index in [1.807, 2.05) is 6.08 Å². The Morgan fingerprint density at radius 3 is 2.53 bits per heavy atom. The lowest BCUT2D eigenvalue weighted by atomic mass is 9.68. The van der Waals surface area contributed by atoms with E-state index in [0.717, 1.165) is 12.8 Å². The number of carbonyl (C=O) groups is 1. The third-order valence-electron chi connectivity index (χ3n) is 3.68. The lowest BCUT2D eigenvalue weighted by Gasteiger charge is -2.40. The van der Waals surface area contributed by atoms with Crippen molar-refractivity contribution in [3.8, 4) is 0 Å². The van der Waals surface area contributed by atoms with Gasteiger partial charge in [0.2, 0.25) is 0 Å². The minimum atomic E-state index is -1.20. The Balaban J connectivity index is 2.91. The fraction of sp³-hybridized carbons (Fsp3) is 0.750. The zero-order valence-electron chi connectivity index (χ0n) is 9.66. The molecule has 2 N–H and O–H groups in total. The predicted octanol–water partition coefficient (Wildman–Crippen LogP) is 2.20. The maximum absolute atomic E-state index is 11.1. The molecule has 0 saturated heterocycles. The molecule has 0 aromatic rings. The first-order valence-corrected chi connectivity index (χ1v) is 5.48. The Kier molecular flexibility index (Phi) is 3.24. The molecule has 1 aliphatic carbocycles. The van der Waals surface area contributed by atoms with Gasteiger partial charge in [-0.05, 0) is 39.0 Å². The number of allylic oxidation sites excluding steroid dienone is 1.